The number of rotatable bonds is 8. The van der Waals surface area contributed by atoms with Gasteiger partial charge in [0, 0.05) is 22.3 Å². The minimum atomic E-state index is -0.707. The number of nitrogens with one attached hydrogen (secondary N) is 1. The standard InChI is InChI=1S/C38H34ClN3O5S/c1-21(2)24-11-13-25(14-12-24)34-33(35(43)41-27-9-7-6-8-10-27)23(5)40-38-42(34)36(44)32(48-38)20-28-16-18-31(47-28)30-19-26(39)15-17-29(30)37(45)46-22(3)4/h6-22,34H,1-5H3,(H,41,43)/b32-20+/t34-/m1/s1. The minimum absolute atomic E-state index is 0.301. The first-order valence-corrected chi connectivity index (χ1v) is 16.8. The van der Waals surface area contributed by atoms with Crippen LogP contribution in [0, 0.1) is 0 Å². The molecule has 1 aliphatic heterocycles. The number of para-hydroxylation sites is 1. The maximum absolute atomic E-state index is 14.2. The molecule has 0 bridgehead atoms. The van der Waals surface area contributed by atoms with E-state index in [0.717, 1.165) is 11.1 Å². The number of nitrogens with zero attached hydrogens (tertiary/aromatic N) is 2. The molecule has 3 aromatic carbocycles. The summed E-state index contributed by atoms with van der Waals surface area (Å²) in [5.41, 5.74) is 3.97. The van der Waals surface area contributed by atoms with E-state index in [-0.39, 0.29) is 17.6 Å². The van der Waals surface area contributed by atoms with Crippen molar-refractivity contribution in [2.45, 2.75) is 52.7 Å². The Bertz CT molecular complexity index is 2230. The molecule has 1 amide bonds. The number of amides is 1. The van der Waals surface area contributed by atoms with Crippen molar-refractivity contribution in [1.82, 2.24) is 4.57 Å². The number of halogens is 1. The van der Waals surface area contributed by atoms with E-state index in [0.29, 0.717) is 59.9 Å². The van der Waals surface area contributed by atoms with Gasteiger partial charge in [-0.05, 0) is 80.3 Å². The number of thiazole rings is 1. The number of anilines is 1. The van der Waals surface area contributed by atoms with Gasteiger partial charge in [0.1, 0.15) is 11.5 Å². The van der Waals surface area contributed by atoms with Gasteiger partial charge in [-0.2, -0.15) is 0 Å². The fraction of sp³-hybridized carbons (Fsp3) is 0.211. The molecular weight excluding hydrogens is 646 g/mol. The van der Waals surface area contributed by atoms with Crippen LogP contribution in [0.25, 0.3) is 17.4 Å². The Morgan fingerprint density at radius 2 is 1.73 bits per heavy atom. The molecule has 0 saturated carbocycles. The van der Waals surface area contributed by atoms with E-state index in [1.54, 1.807) is 61.7 Å². The first kappa shape index (κ1) is 32.9. The lowest BCUT2D eigenvalue weighted by Gasteiger charge is -2.25. The second-order valence-electron chi connectivity index (χ2n) is 12.1. The molecule has 1 N–H and O–H groups in total. The van der Waals surface area contributed by atoms with Crippen molar-refractivity contribution in [2.75, 3.05) is 5.32 Å². The summed E-state index contributed by atoms with van der Waals surface area (Å²) in [7, 11) is 0. The van der Waals surface area contributed by atoms with Crippen LogP contribution in [-0.2, 0) is 9.53 Å². The van der Waals surface area contributed by atoms with E-state index in [9.17, 15) is 14.4 Å². The molecule has 6 rings (SSSR count). The quantitative estimate of drug-likeness (QED) is 0.171. The minimum Gasteiger partial charge on any atom is -0.459 e. The van der Waals surface area contributed by atoms with Crippen molar-refractivity contribution in [3.8, 4) is 11.3 Å². The van der Waals surface area contributed by atoms with E-state index in [1.165, 1.54) is 11.3 Å². The topological polar surface area (TPSA) is 103 Å². The van der Waals surface area contributed by atoms with E-state index < -0.39 is 12.0 Å². The van der Waals surface area contributed by atoms with Crippen molar-refractivity contribution < 1.29 is 18.7 Å². The molecule has 5 aromatic rings. The van der Waals surface area contributed by atoms with Crippen LogP contribution in [0.5, 0.6) is 0 Å². The average Bonchev–Trinajstić information content (AvgIpc) is 3.64. The van der Waals surface area contributed by atoms with Crippen LogP contribution in [0.4, 0.5) is 5.69 Å². The van der Waals surface area contributed by atoms with Crippen LogP contribution in [0.1, 0.15) is 73.8 Å². The van der Waals surface area contributed by atoms with Crippen molar-refractivity contribution in [1.29, 1.82) is 0 Å². The Morgan fingerprint density at radius 3 is 2.42 bits per heavy atom. The number of furan rings is 1. The molecule has 0 radical (unpaired) electrons. The highest BCUT2D eigenvalue weighted by atomic mass is 35.5. The SMILES string of the molecule is CC1=C(C(=O)Nc2ccccc2)[C@@H](c2ccc(C(C)C)cc2)n2c(s/c(=C/c3ccc(-c4cc(Cl)ccc4C(=O)OC(C)C)o3)c2=O)=N1. The van der Waals surface area contributed by atoms with Crippen LogP contribution < -0.4 is 20.2 Å². The fourth-order valence-corrected chi connectivity index (χ4v) is 6.79. The Morgan fingerprint density at radius 1 is 1.00 bits per heavy atom. The Labute approximate surface area is 286 Å². The number of hydrogen-bond donors (Lipinski definition) is 1. The zero-order valence-electron chi connectivity index (χ0n) is 27.1. The highest BCUT2D eigenvalue weighted by Gasteiger charge is 2.32. The Balaban J connectivity index is 1.43. The highest BCUT2D eigenvalue weighted by molar-refractivity contribution is 7.07. The van der Waals surface area contributed by atoms with Crippen molar-refractivity contribution >= 4 is 46.6 Å². The molecule has 244 valence electrons. The predicted molar refractivity (Wildman–Crippen MR) is 189 cm³/mol. The molecule has 2 aromatic heterocycles. The molecule has 0 unspecified atom stereocenters. The van der Waals surface area contributed by atoms with Gasteiger partial charge in [0.15, 0.2) is 4.80 Å². The molecule has 0 spiro atoms. The van der Waals surface area contributed by atoms with Gasteiger partial charge < -0.3 is 14.5 Å². The lowest BCUT2D eigenvalue weighted by molar-refractivity contribution is -0.113. The molecule has 3 heterocycles. The second kappa shape index (κ2) is 13.6. The van der Waals surface area contributed by atoms with Crippen LogP contribution in [0.15, 0.2) is 110 Å². The third kappa shape index (κ3) is 6.70. The molecule has 0 saturated heterocycles. The number of carbonyl (C=O) groups is 2. The van der Waals surface area contributed by atoms with Gasteiger partial charge in [-0.3, -0.25) is 14.2 Å². The van der Waals surface area contributed by atoms with Gasteiger partial charge in [-0.1, -0.05) is 79.2 Å². The van der Waals surface area contributed by atoms with Gasteiger partial charge in [-0.25, -0.2) is 9.79 Å². The van der Waals surface area contributed by atoms with E-state index in [1.807, 2.05) is 54.6 Å². The molecule has 0 aliphatic carbocycles. The van der Waals surface area contributed by atoms with Gasteiger partial charge in [0.05, 0.1) is 33.5 Å². The smallest absolute Gasteiger partial charge is 0.339 e. The molecule has 1 atom stereocenters. The number of benzene rings is 3. The highest BCUT2D eigenvalue weighted by Crippen LogP contribution is 2.32. The monoisotopic (exact) mass is 679 g/mol. The summed E-state index contributed by atoms with van der Waals surface area (Å²) >= 11 is 7.50. The van der Waals surface area contributed by atoms with Crippen LogP contribution in [0.3, 0.4) is 0 Å². The lowest BCUT2D eigenvalue weighted by atomic mass is 9.93. The Kier molecular flexibility index (Phi) is 9.35. The number of aromatic nitrogens is 1. The summed E-state index contributed by atoms with van der Waals surface area (Å²) in [5.74, 6) is 0.284. The number of ether oxygens (including phenoxy) is 1. The van der Waals surface area contributed by atoms with Crippen molar-refractivity contribution in [2.24, 2.45) is 4.99 Å². The normalized spacial score (nSPS) is 14.7. The lowest BCUT2D eigenvalue weighted by Crippen LogP contribution is -2.40. The summed E-state index contributed by atoms with van der Waals surface area (Å²) in [6.45, 7) is 9.58. The van der Waals surface area contributed by atoms with Crippen molar-refractivity contribution in [3.05, 3.63) is 143 Å². The van der Waals surface area contributed by atoms with E-state index >= 15 is 0 Å². The van der Waals surface area contributed by atoms with E-state index in [2.05, 4.69) is 19.2 Å². The van der Waals surface area contributed by atoms with Crippen LogP contribution >= 0.6 is 22.9 Å². The molecular formula is C38H34ClN3O5S. The molecule has 1 aliphatic rings. The van der Waals surface area contributed by atoms with Crippen molar-refractivity contribution in [3.63, 3.8) is 0 Å². The first-order chi connectivity index (χ1) is 23.0. The molecule has 10 heteroatoms. The van der Waals surface area contributed by atoms with Crippen LogP contribution in [0.2, 0.25) is 5.02 Å². The van der Waals surface area contributed by atoms with Gasteiger partial charge in [0.25, 0.3) is 11.5 Å². The number of hydrogen-bond acceptors (Lipinski definition) is 7. The maximum Gasteiger partial charge on any atom is 0.339 e. The first-order valence-electron chi connectivity index (χ1n) is 15.6. The summed E-state index contributed by atoms with van der Waals surface area (Å²) < 4.78 is 13.5. The predicted octanol–water partition coefficient (Wildman–Crippen LogP) is 7.48. The van der Waals surface area contributed by atoms with Crippen LogP contribution in [-0.4, -0.2) is 22.5 Å². The van der Waals surface area contributed by atoms with Gasteiger partial charge >= 0.3 is 5.97 Å². The fourth-order valence-electron chi connectivity index (χ4n) is 5.59. The zero-order chi connectivity index (χ0) is 34.1. The maximum atomic E-state index is 14.2. The molecule has 48 heavy (non-hydrogen) atoms. The summed E-state index contributed by atoms with van der Waals surface area (Å²) in [6.07, 6.45) is 1.34. The average molecular weight is 680 g/mol. The Hall–Kier alpha value is -4.99. The third-order valence-corrected chi connectivity index (χ3v) is 9.14. The summed E-state index contributed by atoms with van der Waals surface area (Å²) in [5, 5.41) is 3.41. The number of esters is 1. The molecule has 8 nitrogen and oxygen atoms in total. The summed E-state index contributed by atoms with van der Waals surface area (Å²) in [6, 6.07) is 24.8. The number of carbonyl (C=O) groups excluding carboxylic acids is 2. The largest absolute Gasteiger partial charge is 0.459 e. The number of fused-ring (bicyclic) bond motifs is 1. The third-order valence-electron chi connectivity index (χ3n) is 7.93. The second-order valence-corrected chi connectivity index (χ2v) is 13.5. The molecule has 0 fully saturated rings. The summed E-state index contributed by atoms with van der Waals surface area (Å²) in [4.78, 5) is 46.1. The number of allylic oxidation sites excluding steroid dienone is 1. The van der Waals surface area contributed by atoms with E-state index in [4.69, 9.17) is 25.7 Å². The van der Waals surface area contributed by atoms with Gasteiger partial charge in [0.2, 0.25) is 0 Å². The van der Waals surface area contributed by atoms with Gasteiger partial charge in [-0.15, -0.1) is 0 Å². The zero-order valence-corrected chi connectivity index (χ0v) is 28.7.